The highest BCUT2D eigenvalue weighted by atomic mass is 19.1. The van der Waals surface area contributed by atoms with Crippen LogP contribution < -0.4 is 57.2 Å². The Labute approximate surface area is 457 Å². The summed E-state index contributed by atoms with van der Waals surface area (Å²) in [5.41, 5.74) is 13.3. The molecule has 8 aromatic rings. The van der Waals surface area contributed by atoms with Crippen molar-refractivity contribution >= 4 is 81.5 Å². The molecule has 79 heavy (non-hydrogen) atoms. The Morgan fingerprint density at radius 2 is 0.937 bits per heavy atom. The lowest BCUT2D eigenvalue weighted by atomic mass is 10.2. The van der Waals surface area contributed by atoms with Crippen LogP contribution in [0.2, 0.25) is 0 Å². The summed E-state index contributed by atoms with van der Waals surface area (Å²) in [6, 6.07) is 38.6. The minimum Gasteiger partial charge on any atom is -0.497 e. The monoisotopic (exact) mass is 1080 g/mol. The number of hydrazone groups is 1. The Morgan fingerprint density at radius 3 is 1.35 bits per heavy atom. The number of benzene rings is 4. The van der Waals surface area contributed by atoms with E-state index in [1.807, 2.05) is 120 Å². The van der Waals surface area contributed by atoms with Crippen LogP contribution in [0.5, 0.6) is 11.5 Å². The fourth-order valence-corrected chi connectivity index (χ4v) is 7.51. The Morgan fingerprint density at radius 1 is 0.532 bits per heavy atom. The highest BCUT2D eigenvalue weighted by molar-refractivity contribution is 5.78. The van der Waals surface area contributed by atoms with E-state index in [0.717, 1.165) is 75.7 Å². The van der Waals surface area contributed by atoms with E-state index in [2.05, 4.69) is 67.1 Å². The molecule has 0 aliphatic carbocycles. The minimum absolute atomic E-state index is 0. The molecule has 412 valence electrons. The van der Waals surface area contributed by atoms with Crippen LogP contribution in [0.1, 0.15) is 31.0 Å². The molecule has 2 saturated heterocycles. The SMILES string of the molecule is C.C.COc1cccc(Nc2cccc(Nc3ccc(/C=N/Nc4ncc(F)c(N5CCOCC5)n4)nc3)c2)c1.COc1cccc(Nc2cccc(Nc3ccc(C=O)nc3)c2)c1.NNc1ncc(F)c(N2CCOCC2)n1. The molecule has 0 saturated carbocycles. The van der Waals surface area contributed by atoms with Crippen LogP contribution in [-0.4, -0.2) is 109 Å². The number of pyridine rings is 2. The van der Waals surface area contributed by atoms with Crippen molar-refractivity contribution in [1.82, 2.24) is 29.9 Å². The number of aldehydes is 1. The molecule has 0 bridgehead atoms. The molecule has 0 radical (unpaired) electrons. The first kappa shape index (κ1) is 58.7. The summed E-state index contributed by atoms with van der Waals surface area (Å²) >= 11 is 0. The summed E-state index contributed by atoms with van der Waals surface area (Å²) in [4.78, 5) is 38.6. The molecule has 23 heteroatoms. The van der Waals surface area contributed by atoms with Crippen LogP contribution in [0.15, 0.2) is 151 Å². The second kappa shape index (κ2) is 30.2. The van der Waals surface area contributed by atoms with Gasteiger partial charge in [-0.05, 0) is 84.9 Å². The Kier molecular flexibility index (Phi) is 22.5. The van der Waals surface area contributed by atoms with Crippen LogP contribution in [0.4, 0.5) is 77.8 Å². The molecular weight excluding hydrogens is 1010 g/mol. The zero-order valence-electron chi connectivity index (χ0n) is 42.1. The maximum absolute atomic E-state index is 14.2. The third-order valence-electron chi connectivity index (χ3n) is 11.3. The van der Waals surface area contributed by atoms with E-state index in [0.29, 0.717) is 64.0 Å². The number of hydrazine groups is 1. The van der Waals surface area contributed by atoms with E-state index in [1.54, 1.807) is 43.8 Å². The van der Waals surface area contributed by atoms with Crippen molar-refractivity contribution in [3.05, 3.63) is 169 Å². The average molecular weight is 1080 g/mol. The van der Waals surface area contributed by atoms with Crippen molar-refractivity contribution < 1.29 is 32.5 Å². The zero-order valence-corrected chi connectivity index (χ0v) is 42.1. The van der Waals surface area contributed by atoms with Crippen LogP contribution in [0.25, 0.3) is 0 Å². The van der Waals surface area contributed by atoms with E-state index in [9.17, 15) is 13.6 Å². The molecule has 21 nitrogen and oxygen atoms in total. The van der Waals surface area contributed by atoms with E-state index in [1.165, 1.54) is 0 Å². The van der Waals surface area contributed by atoms with E-state index < -0.39 is 11.6 Å². The molecule has 0 amide bonds. The topological polar surface area (TPSA) is 248 Å². The second-order valence-corrected chi connectivity index (χ2v) is 16.6. The van der Waals surface area contributed by atoms with Crippen LogP contribution >= 0.6 is 0 Å². The van der Waals surface area contributed by atoms with Gasteiger partial charge in [-0.25, -0.2) is 30.0 Å². The molecule has 4 aromatic heterocycles. The summed E-state index contributed by atoms with van der Waals surface area (Å²) in [5, 5.41) is 17.5. The van der Waals surface area contributed by atoms with Gasteiger partial charge in [0.25, 0.3) is 0 Å². The maximum atomic E-state index is 14.2. The normalized spacial score (nSPS) is 12.6. The Bertz CT molecular complexity index is 3190. The third kappa shape index (κ3) is 17.7. The number of ether oxygens (including phenoxy) is 4. The van der Waals surface area contributed by atoms with Gasteiger partial charge in [-0.1, -0.05) is 39.1 Å². The van der Waals surface area contributed by atoms with Gasteiger partial charge in [0.05, 0.1) is 88.7 Å². The molecule has 0 unspecified atom stereocenters. The first-order valence-corrected chi connectivity index (χ1v) is 24.1. The number of carbonyl (C=O) groups is 1. The van der Waals surface area contributed by atoms with Crippen LogP contribution in [-0.2, 0) is 9.47 Å². The lowest BCUT2D eigenvalue weighted by molar-refractivity contribution is 0.111. The fourth-order valence-electron chi connectivity index (χ4n) is 7.51. The van der Waals surface area contributed by atoms with E-state index in [4.69, 9.17) is 24.8 Å². The van der Waals surface area contributed by atoms with Crippen LogP contribution in [0.3, 0.4) is 0 Å². The summed E-state index contributed by atoms with van der Waals surface area (Å²) in [7, 11) is 3.29. The molecular formula is C56H64F2N16O5. The van der Waals surface area contributed by atoms with Gasteiger partial charge in [0, 0.05) is 72.4 Å². The Hall–Kier alpha value is -9.58. The lowest BCUT2D eigenvalue weighted by Gasteiger charge is -2.27. The predicted octanol–water partition coefficient (Wildman–Crippen LogP) is 10.2. The summed E-state index contributed by atoms with van der Waals surface area (Å²) in [5.74, 6) is 6.73. The molecule has 0 spiro atoms. The highest BCUT2D eigenvalue weighted by Crippen LogP contribution is 2.27. The number of hydrogen-bond donors (Lipinski definition) is 7. The summed E-state index contributed by atoms with van der Waals surface area (Å²) in [6.07, 6.45) is 7.86. The molecule has 10 rings (SSSR count). The maximum Gasteiger partial charge on any atom is 0.245 e. The number of nitrogens with zero attached hydrogens (tertiary/aromatic N) is 9. The second-order valence-electron chi connectivity index (χ2n) is 16.6. The van der Waals surface area contributed by atoms with Gasteiger partial charge in [0.2, 0.25) is 11.9 Å². The third-order valence-corrected chi connectivity index (χ3v) is 11.3. The molecule has 2 fully saturated rings. The number of methoxy groups -OCH3 is 2. The number of hydrogen-bond acceptors (Lipinski definition) is 21. The highest BCUT2D eigenvalue weighted by Gasteiger charge is 2.19. The smallest absolute Gasteiger partial charge is 0.245 e. The number of carbonyl (C=O) groups excluding carboxylic acids is 1. The van der Waals surface area contributed by atoms with Crippen LogP contribution in [0, 0.1) is 11.6 Å². The van der Waals surface area contributed by atoms with E-state index >= 15 is 0 Å². The first-order chi connectivity index (χ1) is 37.7. The molecule has 2 aliphatic heterocycles. The fraction of sp³-hybridized carbons (Fsp3) is 0.214. The molecule has 6 heterocycles. The number of halogens is 2. The quantitative estimate of drug-likeness (QED) is 0.0194. The molecule has 0 atom stereocenters. The number of rotatable bonds is 17. The Balaban J connectivity index is 0.000000210. The predicted molar refractivity (Wildman–Crippen MR) is 308 cm³/mol. The average Bonchev–Trinajstić information content (AvgIpc) is 3.48. The number of anilines is 12. The van der Waals surface area contributed by atoms with Gasteiger partial charge >= 0.3 is 0 Å². The van der Waals surface area contributed by atoms with Gasteiger partial charge < -0.3 is 50.0 Å². The zero-order chi connectivity index (χ0) is 53.6. The number of morpholine rings is 2. The number of aromatic nitrogens is 6. The van der Waals surface area contributed by atoms with Gasteiger partial charge in [-0.3, -0.25) is 20.2 Å². The largest absolute Gasteiger partial charge is 0.497 e. The van der Waals surface area contributed by atoms with Crippen molar-refractivity contribution in [2.24, 2.45) is 10.9 Å². The number of nitrogens with one attached hydrogen (secondary N) is 6. The molecule has 2 aliphatic rings. The van der Waals surface area contributed by atoms with Crippen molar-refractivity contribution in [1.29, 1.82) is 0 Å². The van der Waals surface area contributed by atoms with Crippen molar-refractivity contribution in [2.45, 2.75) is 14.9 Å². The number of nitrogen functional groups attached to an aromatic ring is 1. The standard InChI is InChI=1S/C27H27FN8O2.C19H17N3O2.C8H12FN5O.2CH4/c1-37-24-7-3-6-21(15-24)32-19-4-2-5-20(14-19)33-23-9-8-22(29-16-23)17-31-35-27-30-18-25(28)26(34-27)36-10-12-38-13-11-36;1-24-19-7-3-6-16(11-19)21-14-4-2-5-15(10-14)22-17-8-9-18(13-23)20-12-17;9-6-5-11-8(13-10)12-7(6)14-1-3-15-4-2-14;;/h2-9,14-18,32-33H,10-13H2,1H3,(H,30,34,35);2-13,21-22H,1H3;5H,1-4,10H2,(H,11,12,13);2*1H4/b31-17+;;;;. The first-order valence-electron chi connectivity index (χ1n) is 24.1. The van der Waals surface area contributed by atoms with Crippen molar-refractivity contribution in [2.75, 3.05) is 109 Å². The van der Waals surface area contributed by atoms with Gasteiger partial charge in [-0.15, -0.1) is 0 Å². The summed E-state index contributed by atoms with van der Waals surface area (Å²) in [6.45, 7) is 4.62. The van der Waals surface area contributed by atoms with Gasteiger partial charge in [-0.2, -0.15) is 15.1 Å². The summed E-state index contributed by atoms with van der Waals surface area (Å²) < 4.78 is 48.6. The van der Waals surface area contributed by atoms with Crippen molar-refractivity contribution in [3.63, 3.8) is 0 Å². The lowest BCUT2D eigenvalue weighted by Crippen LogP contribution is -2.37. The van der Waals surface area contributed by atoms with Gasteiger partial charge in [0.1, 0.15) is 17.2 Å². The van der Waals surface area contributed by atoms with Crippen molar-refractivity contribution in [3.8, 4) is 11.5 Å². The van der Waals surface area contributed by atoms with Gasteiger partial charge in [0.15, 0.2) is 29.6 Å². The number of nitrogens with two attached hydrogens (primary N) is 1. The van der Waals surface area contributed by atoms with E-state index in [-0.39, 0.29) is 38.4 Å². The molecule has 8 N–H and O–H groups in total. The minimum atomic E-state index is -0.479. The molecule has 4 aromatic carbocycles.